The van der Waals surface area contributed by atoms with Gasteiger partial charge in [0.1, 0.15) is 5.75 Å². The maximum Gasteiger partial charge on any atom is 0.120 e. The molecule has 0 saturated heterocycles. The van der Waals surface area contributed by atoms with Crippen molar-refractivity contribution >= 4 is 0 Å². The van der Waals surface area contributed by atoms with Gasteiger partial charge in [-0.3, -0.25) is 0 Å². The van der Waals surface area contributed by atoms with Crippen LogP contribution >= 0.6 is 0 Å². The van der Waals surface area contributed by atoms with Crippen molar-refractivity contribution < 1.29 is 4.74 Å². The van der Waals surface area contributed by atoms with E-state index in [2.05, 4.69) is 48.6 Å². The maximum absolute atomic E-state index is 5.78. The Morgan fingerprint density at radius 3 is 2.20 bits per heavy atom. The molecule has 0 bridgehead atoms. The van der Waals surface area contributed by atoms with E-state index >= 15 is 0 Å². The van der Waals surface area contributed by atoms with Gasteiger partial charge < -0.3 is 10.1 Å². The van der Waals surface area contributed by atoms with Gasteiger partial charge in [0.2, 0.25) is 0 Å². The highest BCUT2D eigenvalue weighted by Crippen LogP contribution is 2.26. The van der Waals surface area contributed by atoms with Gasteiger partial charge in [-0.25, -0.2) is 0 Å². The predicted octanol–water partition coefficient (Wildman–Crippen LogP) is 4.09. The molecule has 106 valence electrons. The van der Waals surface area contributed by atoms with Crippen LogP contribution in [0.4, 0.5) is 0 Å². The summed E-state index contributed by atoms with van der Waals surface area (Å²) < 4.78 is 5.78. The van der Waals surface area contributed by atoms with Gasteiger partial charge >= 0.3 is 0 Å². The Labute approximate surface area is 121 Å². The molecule has 0 saturated carbocycles. The number of hydrogen-bond donors (Lipinski definition) is 1. The molecule has 0 amide bonds. The summed E-state index contributed by atoms with van der Waals surface area (Å²) in [4.78, 5) is 0. The number of nitrogens with one attached hydrogen (secondary N) is 1. The lowest BCUT2D eigenvalue weighted by atomic mass is 9.97. The predicted molar refractivity (Wildman–Crippen MR) is 84.3 cm³/mol. The molecule has 1 unspecified atom stereocenters. The average Bonchev–Trinajstić information content (AvgIpc) is 2.39. The molecular formula is C18H23NO. The number of benzene rings is 2. The fraction of sp³-hybridized carbons (Fsp3) is 0.333. The number of rotatable bonds is 5. The molecule has 1 atom stereocenters. The highest BCUT2D eigenvalue weighted by Gasteiger charge is 2.12. The minimum atomic E-state index is 0.186. The van der Waals surface area contributed by atoms with Crippen LogP contribution in [0.5, 0.6) is 5.75 Å². The van der Waals surface area contributed by atoms with Crippen LogP contribution in [0.25, 0.3) is 0 Å². The lowest BCUT2D eigenvalue weighted by Gasteiger charge is -2.19. The van der Waals surface area contributed by atoms with E-state index in [-0.39, 0.29) is 12.1 Å². The molecule has 2 nitrogen and oxygen atoms in total. The molecule has 0 aliphatic heterocycles. The van der Waals surface area contributed by atoms with Gasteiger partial charge in [-0.2, -0.15) is 0 Å². The highest BCUT2D eigenvalue weighted by atomic mass is 16.5. The second-order valence-electron chi connectivity index (χ2n) is 5.37. The Morgan fingerprint density at radius 2 is 1.60 bits per heavy atom. The summed E-state index contributed by atoms with van der Waals surface area (Å²) in [6.07, 6.45) is 0.192. The molecule has 0 fully saturated rings. The van der Waals surface area contributed by atoms with E-state index in [1.54, 1.807) is 0 Å². The lowest BCUT2D eigenvalue weighted by Crippen LogP contribution is -2.18. The van der Waals surface area contributed by atoms with Crippen molar-refractivity contribution in [3.8, 4) is 5.75 Å². The Bertz CT molecular complexity index is 563. The summed E-state index contributed by atoms with van der Waals surface area (Å²) in [5.41, 5.74) is 3.77. The molecule has 0 aromatic heterocycles. The molecule has 2 rings (SSSR count). The van der Waals surface area contributed by atoms with Crippen molar-refractivity contribution in [3.05, 3.63) is 65.2 Å². The molecule has 0 aliphatic rings. The van der Waals surface area contributed by atoms with E-state index in [0.717, 1.165) is 5.75 Å². The van der Waals surface area contributed by atoms with Crippen LogP contribution in [0.2, 0.25) is 0 Å². The lowest BCUT2D eigenvalue weighted by molar-refractivity contribution is 0.242. The molecule has 0 heterocycles. The van der Waals surface area contributed by atoms with Gasteiger partial charge in [-0.05, 0) is 51.1 Å². The van der Waals surface area contributed by atoms with E-state index in [0.29, 0.717) is 0 Å². The Morgan fingerprint density at radius 1 is 0.950 bits per heavy atom. The molecule has 0 radical (unpaired) electrons. The van der Waals surface area contributed by atoms with Gasteiger partial charge in [-0.1, -0.05) is 42.0 Å². The third-order valence-corrected chi connectivity index (χ3v) is 3.23. The van der Waals surface area contributed by atoms with Gasteiger partial charge in [0.15, 0.2) is 0 Å². The largest absolute Gasteiger partial charge is 0.491 e. The van der Waals surface area contributed by atoms with Crippen LogP contribution in [0.1, 0.15) is 36.6 Å². The van der Waals surface area contributed by atoms with Crippen molar-refractivity contribution in [1.82, 2.24) is 5.32 Å². The summed E-state index contributed by atoms with van der Waals surface area (Å²) in [7, 11) is 1.99. The standard InChI is InChI=1S/C18H23NO/c1-13(2)20-17-10-6-9-16(12-17)18(19-4)15-8-5-7-14(3)11-15/h5-13,18-19H,1-4H3. The summed E-state index contributed by atoms with van der Waals surface area (Å²) in [5, 5.41) is 3.39. The first-order chi connectivity index (χ1) is 9.60. The van der Waals surface area contributed by atoms with Crippen LogP contribution in [0.15, 0.2) is 48.5 Å². The number of aryl methyl sites for hydroxylation is 1. The monoisotopic (exact) mass is 269 g/mol. The van der Waals surface area contributed by atoms with Crippen molar-refractivity contribution in [2.45, 2.75) is 32.9 Å². The quantitative estimate of drug-likeness (QED) is 0.882. The fourth-order valence-corrected chi connectivity index (χ4v) is 2.42. The van der Waals surface area contributed by atoms with E-state index in [9.17, 15) is 0 Å². The van der Waals surface area contributed by atoms with Gasteiger partial charge in [0, 0.05) is 0 Å². The molecule has 2 aromatic rings. The molecule has 2 aromatic carbocycles. The second kappa shape index (κ2) is 6.58. The minimum Gasteiger partial charge on any atom is -0.491 e. The van der Waals surface area contributed by atoms with E-state index in [1.165, 1.54) is 16.7 Å². The van der Waals surface area contributed by atoms with Gasteiger partial charge in [-0.15, -0.1) is 0 Å². The van der Waals surface area contributed by atoms with Crippen LogP contribution in [0.3, 0.4) is 0 Å². The summed E-state index contributed by atoms with van der Waals surface area (Å²) in [6.45, 7) is 6.21. The smallest absolute Gasteiger partial charge is 0.120 e. The SMILES string of the molecule is CNC(c1cccc(C)c1)c1cccc(OC(C)C)c1. The fourth-order valence-electron chi connectivity index (χ4n) is 2.42. The zero-order valence-electron chi connectivity index (χ0n) is 12.7. The molecule has 20 heavy (non-hydrogen) atoms. The second-order valence-corrected chi connectivity index (χ2v) is 5.37. The molecular weight excluding hydrogens is 246 g/mol. The Hall–Kier alpha value is -1.80. The first kappa shape index (κ1) is 14.6. The van der Waals surface area contributed by atoms with Gasteiger partial charge in [0.05, 0.1) is 12.1 Å². The zero-order valence-corrected chi connectivity index (χ0v) is 12.7. The van der Waals surface area contributed by atoms with Crippen molar-refractivity contribution in [2.75, 3.05) is 7.05 Å². The minimum absolute atomic E-state index is 0.186. The van der Waals surface area contributed by atoms with Crippen LogP contribution in [-0.2, 0) is 0 Å². The number of ether oxygens (including phenoxy) is 1. The Kier molecular flexibility index (Phi) is 4.80. The van der Waals surface area contributed by atoms with E-state index < -0.39 is 0 Å². The van der Waals surface area contributed by atoms with Gasteiger partial charge in [0.25, 0.3) is 0 Å². The van der Waals surface area contributed by atoms with E-state index in [4.69, 9.17) is 4.74 Å². The first-order valence-electron chi connectivity index (χ1n) is 7.10. The summed E-state index contributed by atoms with van der Waals surface area (Å²) in [6, 6.07) is 17.1. The van der Waals surface area contributed by atoms with Crippen LogP contribution < -0.4 is 10.1 Å². The summed E-state index contributed by atoms with van der Waals surface area (Å²) >= 11 is 0. The molecule has 0 spiro atoms. The van der Waals surface area contributed by atoms with E-state index in [1.807, 2.05) is 33.0 Å². The molecule has 1 N–H and O–H groups in total. The molecule has 0 aliphatic carbocycles. The topological polar surface area (TPSA) is 21.3 Å². The average molecular weight is 269 g/mol. The summed E-state index contributed by atoms with van der Waals surface area (Å²) in [5.74, 6) is 0.922. The number of hydrogen-bond acceptors (Lipinski definition) is 2. The highest BCUT2D eigenvalue weighted by molar-refractivity contribution is 5.37. The zero-order chi connectivity index (χ0) is 14.5. The normalized spacial score (nSPS) is 12.4. The third-order valence-electron chi connectivity index (χ3n) is 3.23. The van der Waals surface area contributed by atoms with Crippen molar-refractivity contribution in [3.63, 3.8) is 0 Å². The maximum atomic E-state index is 5.78. The molecule has 2 heteroatoms. The third kappa shape index (κ3) is 3.61. The van der Waals surface area contributed by atoms with Crippen molar-refractivity contribution in [1.29, 1.82) is 0 Å². The Balaban J connectivity index is 2.32. The van der Waals surface area contributed by atoms with Crippen LogP contribution in [0, 0.1) is 6.92 Å². The van der Waals surface area contributed by atoms with Crippen LogP contribution in [-0.4, -0.2) is 13.2 Å². The first-order valence-corrected chi connectivity index (χ1v) is 7.10. The van der Waals surface area contributed by atoms with Crippen molar-refractivity contribution in [2.24, 2.45) is 0 Å².